The highest BCUT2D eigenvalue weighted by Crippen LogP contribution is 2.35. The minimum absolute atomic E-state index is 0.0138. The summed E-state index contributed by atoms with van der Waals surface area (Å²) in [6.07, 6.45) is -4.85. The van der Waals surface area contributed by atoms with Crippen molar-refractivity contribution in [2.75, 3.05) is 4.90 Å². The second kappa shape index (κ2) is 7.40. The Balaban J connectivity index is 1.66. The molecular weight excluding hydrogens is 427 g/mol. The van der Waals surface area contributed by atoms with Gasteiger partial charge in [-0.3, -0.25) is 4.79 Å². The highest BCUT2D eigenvalue weighted by molar-refractivity contribution is 6.23. The van der Waals surface area contributed by atoms with Gasteiger partial charge in [0.25, 0.3) is 5.91 Å². The molecule has 4 rings (SSSR count). The van der Waals surface area contributed by atoms with Crippen molar-refractivity contribution in [2.24, 2.45) is 0 Å². The molecule has 0 spiro atoms. The Morgan fingerprint density at radius 1 is 1.06 bits per heavy atom. The zero-order valence-electron chi connectivity index (χ0n) is 17.1. The molecule has 1 aromatic heterocycles. The van der Waals surface area contributed by atoms with E-state index in [0.29, 0.717) is 16.5 Å². The summed E-state index contributed by atoms with van der Waals surface area (Å²) in [5, 5.41) is 10.7. The van der Waals surface area contributed by atoms with Crippen LogP contribution in [0, 0.1) is 0 Å². The van der Waals surface area contributed by atoms with Crippen LogP contribution in [0.15, 0.2) is 54.6 Å². The van der Waals surface area contributed by atoms with Crippen molar-refractivity contribution in [3.63, 3.8) is 0 Å². The van der Waals surface area contributed by atoms with Crippen molar-refractivity contribution in [3.05, 3.63) is 60.2 Å². The van der Waals surface area contributed by atoms with Gasteiger partial charge in [0.1, 0.15) is 11.3 Å². The second-order valence-electron chi connectivity index (χ2n) is 7.77. The number of carbonyl (C=O) groups excluding carboxylic acids is 2. The summed E-state index contributed by atoms with van der Waals surface area (Å²) in [7, 11) is 0. The predicted molar refractivity (Wildman–Crippen MR) is 109 cm³/mol. The molecule has 0 unspecified atom stereocenters. The van der Waals surface area contributed by atoms with Crippen LogP contribution in [-0.2, 0) is 11.3 Å². The van der Waals surface area contributed by atoms with Crippen molar-refractivity contribution >= 4 is 28.5 Å². The van der Waals surface area contributed by atoms with Crippen molar-refractivity contribution in [2.45, 2.75) is 32.3 Å². The number of amides is 3. The average molecular weight is 445 g/mol. The fourth-order valence-electron chi connectivity index (χ4n) is 3.66. The fraction of sp³-hybridized carbons (Fsp3) is 0.227. The van der Waals surface area contributed by atoms with Crippen molar-refractivity contribution in [3.8, 4) is 11.6 Å². The van der Waals surface area contributed by atoms with Gasteiger partial charge in [-0.25, -0.2) is 14.7 Å². The summed E-state index contributed by atoms with van der Waals surface area (Å²) in [5.41, 5.74) is 0.0131. The van der Waals surface area contributed by atoms with Crippen molar-refractivity contribution < 1.29 is 32.6 Å². The lowest BCUT2D eigenvalue weighted by atomic mass is 10.0. The number of benzene rings is 2. The third kappa shape index (κ3) is 3.79. The number of nitrogens with zero attached hydrogens (tertiary/aromatic N) is 3. The van der Waals surface area contributed by atoms with E-state index in [1.807, 2.05) is 0 Å². The van der Waals surface area contributed by atoms with Gasteiger partial charge in [-0.05, 0) is 49.7 Å². The lowest BCUT2D eigenvalue weighted by Crippen LogP contribution is -2.43. The highest BCUT2D eigenvalue weighted by Gasteiger charge is 2.51. The quantitative estimate of drug-likeness (QED) is 0.594. The fourth-order valence-corrected chi connectivity index (χ4v) is 3.66. The van der Waals surface area contributed by atoms with Crippen LogP contribution < -0.4 is 9.64 Å². The Morgan fingerprint density at radius 2 is 1.72 bits per heavy atom. The molecule has 0 aliphatic carbocycles. The number of fused-ring (bicyclic) bond motifs is 1. The smallest absolute Gasteiger partial charge is 0.493 e. The van der Waals surface area contributed by atoms with Gasteiger partial charge in [0, 0.05) is 18.0 Å². The van der Waals surface area contributed by atoms with Crippen LogP contribution in [0.3, 0.4) is 0 Å². The Bertz CT molecular complexity index is 1210. The number of urea groups is 1. The molecule has 1 aliphatic rings. The van der Waals surface area contributed by atoms with E-state index in [-0.39, 0.29) is 18.1 Å². The third-order valence-electron chi connectivity index (χ3n) is 5.27. The van der Waals surface area contributed by atoms with Crippen molar-refractivity contribution in [1.82, 2.24) is 9.88 Å². The minimum Gasteiger partial charge on any atom is -0.493 e. The summed E-state index contributed by atoms with van der Waals surface area (Å²) >= 11 is 0. The normalized spacial score (nSPS) is 16.2. The Labute approximate surface area is 180 Å². The van der Waals surface area contributed by atoms with E-state index in [9.17, 15) is 27.9 Å². The molecule has 3 amide bonds. The molecule has 0 atom stereocenters. The van der Waals surface area contributed by atoms with Gasteiger partial charge in [0.15, 0.2) is 0 Å². The van der Waals surface area contributed by atoms with E-state index in [1.165, 1.54) is 23.1 Å². The molecule has 2 aromatic carbocycles. The molecule has 10 heteroatoms. The summed E-state index contributed by atoms with van der Waals surface area (Å²) < 4.78 is 41.0. The number of aromatic nitrogens is 1. The first kappa shape index (κ1) is 21.4. The van der Waals surface area contributed by atoms with Crippen LogP contribution in [0.4, 0.5) is 23.7 Å². The van der Waals surface area contributed by atoms with Gasteiger partial charge in [-0.15, -0.1) is 13.2 Å². The maximum absolute atomic E-state index is 13.2. The van der Waals surface area contributed by atoms with E-state index in [2.05, 4.69) is 9.72 Å². The number of ether oxygens (including phenoxy) is 1. The van der Waals surface area contributed by atoms with Crippen LogP contribution in [-0.4, -0.2) is 38.8 Å². The molecule has 7 nitrogen and oxygen atoms in total. The lowest BCUT2D eigenvalue weighted by Gasteiger charge is -2.28. The number of anilines is 1. The summed E-state index contributed by atoms with van der Waals surface area (Å²) in [6, 6.07) is 12.4. The van der Waals surface area contributed by atoms with Crippen LogP contribution in [0.1, 0.15) is 19.4 Å². The topological polar surface area (TPSA) is 83.0 Å². The number of imide groups is 1. The number of pyridine rings is 1. The van der Waals surface area contributed by atoms with Crippen LogP contribution >= 0.6 is 0 Å². The number of aromatic hydroxyl groups is 1. The number of carbonyl (C=O) groups is 2. The Kier molecular flexibility index (Phi) is 4.95. The first-order chi connectivity index (χ1) is 15.0. The molecule has 1 fully saturated rings. The van der Waals surface area contributed by atoms with Crippen LogP contribution in [0.5, 0.6) is 11.6 Å². The van der Waals surface area contributed by atoms with Crippen LogP contribution in [0.2, 0.25) is 0 Å². The molecule has 0 saturated carbocycles. The number of hydrogen-bond donors (Lipinski definition) is 1. The van der Waals surface area contributed by atoms with E-state index in [1.54, 1.807) is 38.1 Å². The van der Waals surface area contributed by atoms with E-state index < -0.39 is 29.6 Å². The highest BCUT2D eigenvalue weighted by atomic mass is 19.4. The first-order valence-corrected chi connectivity index (χ1v) is 9.57. The molecule has 0 radical (unpaired) electrons. The molecule has 2 heterocycles. The zero-order valence-corrected chi connectivity index (χ0v) is 17.1. The molecule has 1 aliphatic heterocycles. The number of rotatable bonds is 4. The van der Waals surface area contributed by atoms with Gasteiger partial charge < -0.3 is 14.7 Å². The van der Waals surface area contributed by atoms with Gasteiger partial charge in [0.05, 0.1) is 11.2 Å². The van der Waals surface area contributed by atoms with E-state index in [0.717, 1.165) is 17.0 Å². The van der Waals surface area contributed by atoms with E-state index in [4.69, 9.17) is 0 Å². The maximum atomic E-state index is 13.2. The van der Waals surface area contributed by atoms with Gasteiger partial charge in [-0.2, -0.15) is 0 Å². The monoisotopic (exact) mass is 445 g/mol. The molecule has 3 aromatic rings. The third-order valence-corrected chi connectivity index (χ3v) is 5.27. The molecular formula is C22H18F3N3O4. The number of halogens is 3. The maximum Gasteiger partial charge on any atom is 0.573 e. The first-order valence-electron chi connectivity index (χ1n) is 9.57. The molecule has 0 bridgehead atoms. The predicted octanol–water partition coefficient (Wildman–Crippen LogP) is 4.59. The summed E-state index contributed by atoms with van der Waals surface area (Å²) in [4.78, 5) is 32.6. The summed E-state index contributed by atoms with van der Waals surface area (Å²) in [6.45, 7) is 3.18. The molecule has 32 heavy (non-hydrogen) atoms. The minimum atomic E-state index is -4.85. The number of hydrogen-bond acceptors (Lipinski definition) is 5. The summed E-state index contributed by atoms with van der Waals surface area (Å²) in [5.74, 6) is -1.21. The number of para-hydroxylation sites is 1. The van der Waals surface area contributed by atoms with E-state index >= 15 is 0 Å². The van der Waals surface area contributed by atoms with Gasteiger partial charge in [0.2, 0.25) is 5.88 Å². The second-order valence-corrected chi connectivity index (χ2v) is 7.77. The standard InChI is InChI=1S/C22H18F3N3O4/c1-21(2)19(30)28(14-7-9-15(10-8-14)32-22(23,24)25)20(31)27(21)12-13-11-18(29)26-17-6-4-3-5-16(13)17/h3-11H,12H2,1-2H3,(H,26,29). The van der Waals surface area contributed by atoms with Crippen molar-refractivity contribution in [1.29, 1.82) is 0 Å². The largest absolute Gasteiger partial charge is 0.573 e. The van der Waals surface area contributed by atoms with Gasteiger partial charge in [-0.1, -0.05) is 18.2 Å². The average Bonchev–Trinajstić information content (AvgIpc) is 2.87. The van der Waals surface area contributed by atoms with Gasteiger partial charge >= 0.3 is 12.4 Å². The number of alkyl halides is 3. The Hall–Kier alpha value is -3.82. The molecule has 166 valence electrons. The Morgan fingerprint density at radius 3 is 2.38 bits per heavy atom. The SMILES string of the molecule is CC1(C)C(=O)N(c2ccc(OC(F)(F)F)cc2)C(=O)N1Cc1cc(O)nc2ccccc12. The van der Waals surface area contributed by atoms with Crippen LogP contribution in [0.25, 0.3) is 10.9 Å². The molecule has 1 N–H and O–H groups in total. The lowest BCUT2D eigenvalue weighted by molar-refractivity contribution is -0.274. The zero-order chi connectivity index (χ0) is 23.3. The molecule has 1 saturated heterocycles.